The van der Waals surface area contributed by atoms with Crippen molar-refractivity contribution < 1.29 is 9.90 Å². The molecule has 0 saturated heterocycles. The van der Waals surface area contributed by atoms with Crippen LogP contribution in [0.25, 0.3) is 0 Å². The fourth-order valence-corrected chi connectivity index (χ4v) is 3.94. The lowest BCUT2D eigenvalue weighted by Gasteiger charge is -2.18. The molecule has 1 atom stereocenters. The van der Waals surface area contributed by atoms with E-state index in [0.717, 1.165) is 22.6 Å². The fourth-order valence-electron chi connectivity index (χ4n) is 2.73. The van der Waals surface area contributed by atoms with Crippen LogP contribution in [0.15, 0.2) is 12.1 Å². The number of benzene rings is 1. The van der Waals surface area contributed by atoms with E-state index in [9.17, 15) is 9.90 Å². The first-order chi connectivity index (χ1) is 12.3. The number of carbonyl (C=O) groups is 1. The summed E-state index contributed by atoms with van der Waals surface area (Å²) in [5, 5.41) is 19.7. The lowest BCUT2D eigenvalue weighted by atomic mass is 10.0. The van der Waals surface area contributed by atoms with E-state index in [1.165, 1.54) is 16.9 Å². The summed E-state index contributed by atoms with van der Waals surface area (Å²) in [6.07, 6.45) is 1.10. The molecule has 6 nitrogen and oxygen atoms in total. The Hall–Kier alpha value is -1.77. The number of thiazole rings is 1. The predicted molar refractivity (Wildman–Crippen MR) is 111 cm³/mol. The number of nitrogens with one attached hydrogen (secondary N) is 3. The number of aryl methyl sites for hydroxylation is 4. The van der Waals surface area contributed by atoms with Crippen molar-refractivity contribution in [1.29, 1.82) is 0 Å². The standard InChI is InChI=1S/C18H26N4O2S2/c1-10-8-11(2)14(12(3)9-10)21-16(23)15-13(4)20-18(26-15)22-17(24)19-6-7-25-5/h8-9,16,21,23H,6-7H2,1-5H3,(H2,19,20,22,24)/t16-/m0/s1. The number of aliphatic hydroxyl groups is 1. The molecule has 2 aromatic rings. The van der Waals surface area contributed by atoms with Gasteiger partial charge in [-0.2, -0.15) is 11.8 Å². The van der Waals surface area contributed by atoms with E-state index in [4.69, 9.17) is 0 Å². The highest BCUT2D eigenvalue weighted by Crippen LogP contribution is 2.31. The first kappa shape index (κ1) is 20.5. The highest BCUT2D eigenvalue weighted by atomic mass is 32.2. The minimum atomic E-state index is -0.886. The van der Waals surface area contributed by atoms with E-state index < -0.39 is 6.23 Å². The third-order valence-electron chi connectivity index (χ3n) is 3.85. The van der Waals surface area contributed by atoms with Gasteiger partial charge in [0.15, 0.2) is 11.4 Å². The van der Waals surface area contributed by atoms with Crippen molar-refractivity contribution in [2.24, 2.45) is 0 Å². The number of amides is 2. The quantitative estimate of drug-likeness (QED) is 0.422. The molecule has 4 N–H and O–H groups in total. The molecule has 2 amide bonds. The Bertz CT molecular complexity index is 754. The van der Waals surface area contributed by atoms with Gasteiger partial charge in [0.1, 0.15) is 0 Å². The number of urea groups is 1. The summed E-state index contributed by atoms with van der Waals surface area (Å²) in [7, 11) is 0. The summed E-state index contributed by atoms with van der Waals surface area (Å²) in [4.78, 5) is 16.9. The number of aliphatic hydroxyl groups excluding tert-OH is 1. The van der Waals surface area contributed by atoms with E-state index in [-0.39, 0.29) is 6.03 Å². The first-order valence-corrected chi connectivity index (χ1v) is 10.6. The lowest BCUT2D eigenvalue weighted by Crippen LogP contribution is -2.30. The van der Waals surface area contributed by atoms with E-state index in [1.807, 2.05) is 27.0 Å². The summed E-state index contributed by atoms with van der Waals surface area (Å²) >= 11 is 2.94. The van der Waals surface area contributed by atoms with Gasteiger partial charge in [-0.15, -0.1) is 0 Å². The number of nitrogens with zero attached hydrogens (tertiary/aromatic N) is 1. The highest BCUT2D eigenvalue weighted by Gasteiger charge is 2.18. The molecule has 26 heavy (non-hydrogen) atoms. The van der Waals surface area contributed by atoms with E-state index in [0.29, 0.717) is 22.2 Å². The normalized spacial score (nSPS) is 11.9. The summed E-state index contributed by atoms with van der Waals surface area (Å²) in [5.41, 5.74) is 4.95. The van der Waals surface area contributed by atoms with Gasteiger partial charge < -0.3 is 15.7 Å². The second-order valence-electron chi connectivity index (χ2n) is 6.16. The lowest BCUT2D eigenvalue weighted by molar-refractivity contribution is 0.211. The molecule has 1 heterocycles. The van der Waals surface area contributed by atoms with Crippen molar-refractivity contribution >= 4 is 39.9 Å². The minimum Gasteiger partial charge on any atom is -0.369 e. The van der Waals surface area contributed by atoms with Crippen LogP contribution in [0.3, 0.4) is 0 Å². The monoisotopic (exact) mass is 394 g/mol. The first-order valence-electron chi connectivity index (χ1n) is 8.35. The Labute approximate surface area is 162 Å². The molecule has 2 rings (SSSR count). The van der Waals surface area contributed by atoms with E-state index in [2.05, 4.69) is 40.0 Å². The molecule has 0 unspecified atom stereocenters. The van der Waals surface area contributed by atoms with Gasteiger partial charge in [0.2, 0.25) is 0 Å². The molecule has 0 fully saturated rings. The summed E-state index contributed by atoms with van der Waals surface area (Å²) in [6, 6.07) is 3.87. The molecular formula is C18H26N4O2S2. The van der Waals surface area contributed by atoms with Crippen LogP contribution in [0, 0.1) is 27.7 Å². The van der Waals surface area contributed by atoms with Crippen LogP contribution in [0.1, 0.15) is 33.5 Å². The molecule has 0 aliphatic carbocycles. The van der Waals surface area contributed by atoms with E-state index >= 15 is 0 Å². The number of carbonyl (C=O) groups excluding carboxylic acids is 1. The Balaban J connectivity index is 2.07. The van der Waals surface area contributed by atoms with Crippen molar-refractivity contribution in [1.82, 2.24) is 10.3 Å². The molecule has 0 aliphatic rings. The summed E-state index contributed by atoms with van der Waals surface area (Å²) in [6.45, 7) is 8.50. The van der Waals surface area contributed by atoms with Gasteiger partial charge in [-0.05, 0) is 45.1 Å². The zero-order valence-electron chi connectivity index (χ0n) is 15.8. The zero-order valence-corrected chi connectivity index (χ0v) is 17.4. The van der Waals surface area contributed by atoms with Crippen LogP contribution in [0.5, 0.6) is 0 Å². The number of hydrogen-bond donors (Lipinski definition) is 4. The average Bonchev–Trinajstić information content (AvgIpc) is 2.91. The molecule has 0 saturated carbocycles. The van der Waals surface area contributed by atoms with Gasteiger partial charge in [-0.1, -0.05) is 29.0 Å². The van der Waals surface area contributed by atoms with Gasteiger partial charge in [-0.25, -0.2) is 9.78 Å². The Morgan fingerprint density at radius 3 is 2.54 bits per heavy atom. The number of hydrogen-bond acceptors (Lipinski definition) is 6. The Morgan fingerprint density at radius 2 is 1.92 bits per heavy atom. The number of aromatic nitrogens is 1. The Kier molecular flexibility index (Phi) is 7.31. The molecule has 0 radical (unpaired) electrons. The van der Waals surface area contributed by atoms with Gasteiger partial charge >= 0.3 is 6.03 Å². The second kappa shape index (κ2) is 9.25. The third-order valence-corrected chi connectivity index (χ3v) is 5.59. The third kappa shape index (κ3) is 5.36. The largest absolute Gasteiger partial charge is 0.369 e. The van der Waals surface area contributed by atoms with Gasteiger partial charge in [0.05, 0.1) is 10.6 Å². The highest BCUT2D eigenvalue weighted by molar-refractivity contribution is 7.98. The fraction of sp³-hybridized carbons (Fsp3) is 0.444. The van der Waals surface area contributed by atoms with Crippen LogP contribution in [0.4, 0.5) is 15.6 Å². The second-order valence-corrected chi connectivity index (χ2v) is 8.18. The summed E-state index contributed by atoms with van der Waals surface area (Å²) in [5.74, 6) is 0.855. The zero-order chi connectivity index (χ0) is 19.3. The molecule has 0 spiro atoms. The van der Waals surface area contributed by atoms with Gasteiger partial charge in [0.25, 0.3) is 0 Å². The molecule has 0 aliphatic heterocycles. The van der Waals surface area contributed by atoms with Crippen molar-refractivity contribution in [3.63, 3.8) is 0 Å². The van der Waals surface area contributed by atoms with Crippen LogP contribution < -0.4 is 16.0 Å². The van der Waals surface area contributed by atoms with Crippen LogP contribution in [-0.4, -0.2) is 34.7 Å². The van der Waals surface area contributed by atoms with Crippen molar-refractivity contribution in [2.75, 3.05) is 29.2 Å². The minimum absolute atomic E-state index is 0.285. The maximum Gasteiger partial charge on any atom is 0.321 e. The topological polar surface area (TPSA) is 86.3 Å². The van der Waals surface area contributed by atoms with Crippen LogP contribution in [0.2, 0.25) is 0 Å². The van der Waals surface area contributed by atoms with Crippen molar-refractivity contribution in [2.45, 2.75) is 33.9 Å². The summed E-state index contributed by atoms with van der Waals surface area (Å²) < 4.78 is 0. The molecule has 0 bridgehead atoms. The molecule has 142 valence electrons. The van der Waals surface area contributed by atoms with Crippen LogP contribution >= 0.6 is 23.1 Å². The van der Waals surface area contributed by atoms with Crippen molar-refractivity contribution in [3.8, 4) is 0 Å². The SMILES string of the molecule is CSCCNC(=O)Nc1nc(C)c([C@H](O)Nc2c(C)cc(C)cc2C)s1. The molecular weight excluding hydrogens is 368 g/mol. The van der Waals surface area contributed by atoms with Crippen LogP contribution in [-0.2, 0) is 0 Å². The molecule has 8 heteroatoms. The maximum absolute atomic E-state index is 11.8. The maximum atomic E-state index is 11.8. The number of anilines is 2. The van der Waals surface area contributed by atoms with Gasteiger partial charge in [0, 0.05) is 18.0 Å². The molecule has 1 aromatic carbocycles. The number of rotatable bonds is 7. The van der Waals surface area contributed by atoms with Crippen molar-refractivity contribution in [3.05, 3.63) is 39.4 Å². The Morgan fingerprint density at radius 1 is 1.27 bits per heavy atom. The molecule has 1 aromatic heterocycles. The van der Waals surface area contributed by atoms with E-state index in [1.54, 1.807) is 11.8 Å². The number of thioether (sulfide) groups is 1. The predicted octanol–water partition coefficient (Wildman–Crippen LogP) is 3.96. The average molecular weight is 395 g/mol. The van der Waals surface area contributed by atoms with Gasteiger partial charge in [-0.3, -0.25) is 5.32 Å². The smallest absolute Gasteiger partial charge is 0.321 e.